The van der Waals surface area contributed by atoms with Crippen LogP contribution in [0.3, 0.4) is 0 Å². The van der Waals surface area contributed by atoms with Gasteiger partial charge in [0.1, 0.15) is 0 Å². The molecule has 2 aromatic carbocycles. The zero-order chi connectivity index (χ0) is 15.1. The summed E-state index contributed by atoms with van der Waals surface area (Å²) in [5.41, 5.74) is 2.71. The summed E-state index contributed by atoms with van der Waals surface area (Å²) in [5.74, 6) is 0.733. The Hall–Kier alpha value is -1.60. The summed E-state index contributed by atoms with van der Waals surface area (Å²) in [7, 11) is 0. The molecule has 1 heteroatoms. The van der Waals surface area contributed by atoms with Gasteiger partial charge >= 0.3 is 0 Å². The van der Waals surface area contributed by atoms with E-state index in [9.17, 15) is 5.11 Å². The Morgan fingerprint density at radius 2 is 1.43 bits per heavy atom. The molecule has 2 atom stereocenters. The van der Waals surface area contributed by atoms with E-state index in [1.54, 1.807) is 0 Å². The summed E-state index contributed by atoms with van der Waals surface area (Å²) < 4.78 is 0. The first-order valence-corrected chi connectivity index (χ1v) is 7.93. The van der Waals surface area contributed by atoms with Crippen molar-refractivity contribution in [1.29, 1.82) is 0 Å². The van der Waals surface area contributed by atoms with Gasteiger partial charge in [0.2, 0.25) is 0 Å². The molecule has 0 heterocycles. The monoisotopic (exact) mass is 282 g/mol. The van der Waals surface area contributed by atoms with Crippen molar-refractivity contribution < 1.29 is 5.11 Å². The summed E-state index contributed by atoms with van der Waals surface area (Å²) in [6, 6.07) is 21.2. The zero-order valence-corrected chi connectivity index (χ0v) is 13.1. The van der Waals surface area contributed by atoms with Crippen LogP contribution in [-0.4, -0.2) is 11.2 Å². The second kappa shape index (κ2) is 7.99. The van der Waals surface area contributed by atoms with Crippen molar-refractivity contribution in [2.45, 2.75) is 45.1 Å². The lowest BCUT2D eigenvalue weighted by Crippen LogP contribution is -2.19. The molecule has 0 radical (unpaired) electrons. The fourth-order valence-electron chi connectivity index (χ4n) is 2.70. The molecule has 0 aliphatic heterocycles. The third-order valence-electron chi connectivity index (χ3n) is 4.19. The SMILES string of the molecule is CC(C)C(O)CC(CCc1ccccc1)c1ccccc1. The van der Waals surface area contributed by atoms with E-state index in [1.807, 2.05) is 0 Å². The molecule has 0 aliphatic rings. The summed E-state index contributed by atoms with van der Waals surface area (Å²) in [6.07, 6.45) is 2.75. The summed E-state index contributed by atoms with van der Waals surface area (Å²) >= 11 is 0. The number of benzene rings is 2. The fraction of sp³-hybridized carbons (Fsp3) is 0.400. The van der Waals surface area contributed by atoms with Gasteiger partial charge in [-0.15, -0.1) is 0 Å². The fourth-order valence-corrected chi connectivity index (χ4v) is 2.70. The number of hydrogen-bond acceptors (Lipinski definition) is 1. The van der Waals surface area contributed by atoms with Crippen molar-refractivity contribution in [2.75, 3.05) is 0 Å². The van der Waals surface area contributed by atoms with E-state index in [2.05, 4.69) is 74.5 Å². The van der Waals surface area contributed by atoms with E-state index in [1.165, 1.54) is 11.1 Å². The maximum absolute atomic E-state index is 10.3. The highest BCUT2D eigenvalue weighted by molar-refractivity contribution is 5.21. The summed E-state index contributed by atoms with van der Waals surface area (Å²) in [6.45, 7) is 4.17. The van der Waals surface area contributed by atoms with Crippen molar-refractivity contribution in [2.24, 2.45) is 5.92 Å². The molecule has 0 saturated carbocycles. The molecule has 1 N–H and O–H groups in total. The molecule has 112 valence electrons. The van der Waals surface area contributed by atoms with Gasteiger partial charge in [0, 0.05) is 0 Å². The van der Waals surface area contributed by atoms with Gasteiger partial charge in [-0.1, -0.05) is 74.5 Å². The standard InChI is InChI=1S/C20H26O/c1-16(2)20(21)15-19(18-11-7-4-8-12-18)14-13-17-9-5-3-6-10-17/h3-12,16,19-21H,13-15H2,1-2H3. The number of aliphatic hydroxyl groups is 1. The first-order chi connectivity index (χ1) is 10.2. The second-order valence-corrected chi connectivity index (χ2v) is 6.18. The Morgan fingerprint density at radius 1 is 0.857 bits per heavy atom. The van der Waals surface area contributed by atoms with Crippen molar-refractivity contribution >= 4 is 0 Å². The quantitative estimate of drug-likeness (QED) is 0.772. The molecule has 0 bridgehead atoms. The first-order valence-electron chi connectivity index (χ1n) is 7.93. The molecule has 2 rings (SSSR count). The number of aliphatic hydroxyl groups excluding tert-OH is 1. The summed E-state index contributed by atoms with van der Waals surface area (Å²) in [5, 5.41) is 10.3. The average molecular weight is 282 g/mol. The van der Waals surface area contributed by atoms with Crippen molar-refractivity contribution in [1.82, 2.24) is 0 Å². The van der Waals surface area contributed by atoms with Gasteiger partial charge in [-0.3, -0.25) is 0 Å². The minimum atomic E-state index is -0.231. The largest absolute Gasteiger partial charge is 0.393 e. The minimum Gasteiger partial charge on any atom is -0.393 e. The number of aryl methyl sites for hydroxylation is 1. The first kappa shape index (κ1) is 15.8. The lowest BCUT2D eigenvalue weighted by atomic mass is 9.85. The van der Waals surface area contributed by atoms with Crippen LogP contribution in [-0.2, 0) is 6.42 Å². The van der Waals surface area contributed by atoms with Crippen molar-refractivity contribution in [3.05, 3.63) is 71.8 Å². The molecule has 21 heavy (non-hydrogen) atoms. The highest BCUT2D eigenvalue weighted by Gasteiger charge is 2.18. The van der Waals surface area contributed by atoms with Gasteiger partial charge in [0.15, 0.2) is 0 Å². The van der Waals surface area contributed by atoms with Gasteiger partial charge < -0.3 is 5.11 Å². The van der Waals surface area contributed by atoms with Gasteiger partial charge in [0.05, 0.1) is 6.10 Å². The molecule has 0 saturated heterocycles. The smallest absolute Gasteiger partial charge is 0.0569 e. The molecule has 2 aromatic rings. The van der Waals surface area contributed by atoms with Crippen LogP contribution >= 0.6 is 0 Å². The van der Waals surface area contributed by atoms with Gasteiger partial charge in [-0.25, -0.2) is 0 Å². The molecular formula is C20H26O. The van der Waals surface area contributed by atoms with E-state index in [0.29, 0.717) is 11.8 Å². The molecule has 0 amide bonds. The molecular weight excluding hydrogens is 256 g/mol. The molecule has 0 aromatic heterocycles. The maximum atomic E-state index is 10.3. The third kappa shape index (κ3) is 5.02. The Labute approximate surface area is 128 Å². The van der Waals surface area contributed by atoms with Crippen LogP contribution in [0, 0.1) is 5.92 Å². The Morgan fingerprint density at radius 3 is 2.00 bits per heavy atom. The van der Waals surface area contributed by atoms with Crippen LogP contribution < -0.4 is 0 Å². The normalized spacial score (nSPS) is 14.1. The molecule has 2 unspecified atom stereocenters. The average Bonchev–Trinajstić information content (AvgIpc) is 2.53. The molecule has 1 nitrogen and oxygen atoms in total. The molecule has 0 spiro atoms. The number of hydrogen-bond donors (Lipinski definition) is 1. The predicted molar refractivity (Wildman–Crippen MR) is 89.4 cm³/mol. The van der Waals surface area contributed by atoms with Crippen molar-refractivity contribution in [3.63, 3.8) is 0 Å². The van der Waals surface area contributed by atoms with Gasteiger partial charge in [0.25, 0.3) is 0 Å². The van der Waals surface area contributed by atoms with E-state index in [0.717, 1.165) is 19.3 Å². The van der Waals surface area contributed by atoms with Crippen LogP contribution in [0.15, 0.2) is 60.7 Å². The Balaban J connectivity index is 2.05. The van der Waals surface area contributed by atoms with Crippen LogP contribution in [0.5, 0.6) is 0 Å². The topological polar surface area (TPSA) is 20.2 Å². The van der Waals surface area contributed by atoms with E-state index >= 15 is 0 Å². The molecule has 0 fully saturated rings. The maximum Gasteiger partial charge on any atom is 0.0569 e. The highest BCUT2D eigenvalue weighted by atomic mass is 16.3. The van der Waals surface area contributed by atoms with E-state index in [4.69, 9.17) is 0 Å². The lowest BCUT2D eigenvalue weighted by Gasteiger charge is -2.23. The second-order valence-electron chi connectivity index (χ2n) is 6.18. The van der Waals surface area contributed by atoms with Gasteiger partial charge in [-0.05, 0) is 42.2 Å². The summed E-state index contributed by atoms with van der Waals surface area (Å²) in [4.78, 5) is 0. The third-order valence-corrected chi connectivity index (χ3v) is 4.19. The van der Waals surface area contributed by atoms with E-state index < -0.39 is 0 Å². The molecule has 0 aliphatic carbocycles. The van der Waals surface area contributed by atoms with Crippen LogP contribution in [0.2, 0.25) is 0 Å². The highest BCUT2D eigenvalue weighted by Crippen LogP contribution is 2.28. The zero-order valence-electron chi connectivity index (χ0n) is 13.1. The van der Waals surface area contributed by atoms with Crippen LogP contribution in [0.25, 0.3) is 0 Å². The van der Waals surface area contributed by atoms with Crippen LogP contribution in [0.1, 0.15) is 43.7 Å². The van der Waals surface area contributed by atoms with E-state index in [-0.39, 0.29) is 6.10 Å². The Kier molecular flexibility index (Phi) is 6.01. The minimum absolute atomic E-state index is 0.231. The predicted octanol–water partition coefficient (Wildman–Crippen LogP) is 4.81. The van der Waals surface area contributed by atoms with Crippen molar-refractivity contribution in [3.8, 4) is 0 Å². The number of rotatable bonds is 7. The lowest BCUT2D eigenvalue weighted by molar-refractivity contribution is 0.107. The van der Waals surface area contributed by atoms with Crippen LogP contribution in [0.4, 0.5) is 0 Å². The van der Waals surface area contributed by atoms with Gasteiger partial charge in [-0.2, -0.15) is 0 Å². The Bertz CT molecular complexity index is 504.